The second kappa shape index (κ2) is 8.66. The maximum atomic E-state index is 12.2. The fourth-order valence-corrected chi connectivity index (χ4v) is 2.75. The van der Waals surface area contributed by atoms with Crippen LogP contribution in [-0.4, -0.2) is 55.3 Å². The summed E-state index contributed by atoms with van der Waals surface area (Å²) in [5.74, 6) is -1.58. The van der Waals surface area contributed by atoms with Crippen LogP contribution in [0.3, 0.4) is 0 Å². The third-order valence-electron chi connectivity index (χ3n) is 4.01. The Bertz CT molecular complexity index is 646. The van der Waals surface area contributed by atoms with E-state index in [0.29, 0.717) is 24.4 Å². The van der Waals surface area contributed by atoms with Crippen LogP contribution in [-0.2, 0) is 19.0 Å². The smallest absolute Gasteiger partial charge is 0.355 e. The number of aromatic amines is 1. The fourth-order valence-electron chi connectivity index (χ4n) is 2.75. The summed E-state index contributed by atoms with van der Waals surface area (Å²) in [5.41, 5.74) is 1.40. The van der Waals surface area contributed by atoms with Crippen molar-refractivity contribution in [1.82, 2.24) is 10.3 Å². The Hall–Kier alpha value is -2.35. The number of H-pyrrole nitrogens is 1. The monoisotopic (exact) mass is 352 g/mol. The molecule has 2 rings (SSSR count). The van der Waals surface area contributed by atoms with Gasteiger partial charge in [-0.25, -0.2) is 9.59 Å². The van der Waals surface area contributed by atoms with Crippen LogP contribution in [0.1, 0.15) is 51.9 Å². The molecular formula is C17H24N2O6. The van der Waals surface area contributed by atoms with E-state index < -0.39 is 11.9 Å². The normalized spacial score (nSPS) is 16.5. The molecule has 138 valence electrons. The maximum absolute atomic E-state index is 12.2. The number of amides is 1. The first-order valence-electron chi connectivity index (χ1n) is 8.35. The Labute approximate surface area is 146 Å². The number of ether oxygens (including phenoxy) is 3. The van der Waals surface area contributed by atoms with Gasteiger partial charge < -0.3 is 24.5 Å². The van der Waals surface area contributed by atoms with Crippen molar-refractivity contribution in [3.8, 4) is 0 Å². The van der Waals surface area contributed by atoms with E-state index in [9.17, 15) is 14.4 Å². The number of carbonyl (C=O) groups is 3. The van der Waals surface area contributed by atoms with Crippen molar-refractivity contribution in [1.29, 1.82) is 0 Å². The van der Waals surface area contributed by atoms with E-state index in [4.69, 9.17) is 14.2 Å². The summed E-state index contributed by atoms with van der Waals surface area (Å²) >= 11 is 0. The quantitative estimate of drug-likeness (QED) is 0.716. The number of hydrogen-bond acceptors (Lipinski definition) is 6. The van der Waals surface area contributed by atoms with Gasteiger partial charge in [-0.05, 0) is 39.2 Å². The highest BCUT2D eigenvalue weighted by Crippen LogP contribution is 2.19. The molecule has 0 bridgehead atoms. The van der Waals surface area contributed by atoms with Gasteiger partial charge in [0.1, 0.15) is 5.69 Å². The molecule has 2 heterocycles. The van der Waals surface area contributed by atoms with E-state index in [-0.39, 0.29) is 36.5 Å². The molecule has 1 aromatic rings. The summed E-state index contributed by atoms with van der Waals surface area (Å²) in [5, 5.41) is 2.68. The third-order valence-corrected chi connectivity index (χ3v) is 4.01. The first-order valence-corrected chi connectivity index (χ1v) is 8.35. The molecule has 0 spiro atoms. The first-order chi connectivity index (χ1) is 11.9. The van der Waals surface area contributed by atoms with E-state index >= 15 is 0 Å². The SMILES string of the molecule is CCOC(=O)c1[nH]c(C)c(C(=O)OCC(=O)NCC2CCCO2)c1C. The van der Waals surface area contributed by atoms with Crippen molar-refractivity contribution < 1.29 is 28.6 Å². The Kier molecular flexibility index (Phi) is 6.58. The van der Waals surface area contributed by atoms with Gasteiger partial charge in [-0.3, -0.25) is 4.79 Å². The molecule has 1 aliphatic rings. The van der Waals surface area contributed by atoms with Crippen molar-refractivity contribution in [2.24, 2.45) is 0 Å². The van der Waals surface area contributed by atoms with Crippen LogP contribution < -0.4 is 5.32 Å². The molecule has 1 saturated heterocycles. The van der Waals surface area contributed by atoms with E-state index in [1.54, 1.807) is 20.8 Å². The van der Waals surface area contributed by atoms with Crippen molar-refractivity contribution in [3.63, 3.8) is 0 Å². The minimum atomic E-state index is -0.658. The number of rotatable bonds is 7. The molecule has 1 fully saturated rings. The van der Waals surface area contributed by atoms with Crippen LogP contribution in [0.15, 0.2) is 0 Å². The van der Waals surface area contributed by atoms with Crippen LogP contribution >= 0.6 is 0 Å². The van der Waals surface area contributed by atoms with Crippen molar-refractivity contribution >= 4 is 17.8 Å². The third kappa shape index (κ3) is 4.82. The lowest BCUT2D eigenvalue weighted by atomic mass is 10.1. The molecule has 8 nitrogen and oxygen atoms in total. The standard InChI is InChI=1S/C17H24N2O6/c1-4-23-17(22)15-10(2)14(11(3)19-15)16(21)25-9-13(20)18-8-12-6-5-7-24-12/h12,19H,4-9H2,1-3H3,(H,18,20). The lowest BCUT2D eigenvalue weighted by Crippen LogP contribution is -2.34. The van der Waals surface area contributed by atoms with Gasteiger partial charge in [-0.15, -0.1) is 0 Å². The van der Waals surface area contributed by atoms with E-state index in [2.05, 4.69) is 10.3 Å². The number of aryl methyl sites for hydroxylation is 1. The Balaban J connectivity index is 1.89. The van der Waals surface area contributed by atoms with Crippen molar-refractivity contribution in [2.75, 3.05) is 26.4 Å². The van der Waals surface area contributed by atoms with Gasteiger partial charge in [0.25, 0.3) is 5.91 Å². The van der Waals surface area contributed by atoms with Crippen LogP contribution in [0.5, 0.6) is 0 Å². The number of aromatic nitrogens is 1. The summed E-state index contributed by atoms with van der Waals surface area (Å²) in [7, 11) is 0. The lowest BCUT2D eigenvalue weighted by Gasteiger charge is -2.11. The second-order valence-corrected chi connectivity index (χ2v) is 5.86. The molecule has 1 unspecified atom stereocenters. The molecule has 8 heteroatoms. The fraction of sp³-hybridized carbons (Fsp3) is 0.588. The minimum Gasteiger partial charge on any atom is -0.461 e. The largest absolute Gasteiger partial charge is 0.461 e. The summed E-state index contributed by atoms with van der Waals surface area (Å²) in [6.45, 7) is 5.96. The maximum Gasteiger partial charge on any atom is 0.355 e. The van der Waals surface area contributed by atoms with E-state index in [0.717, 1.165) is 12.8 Å². The predicted molar refractivity (Wildman–Crippen MR) is 88.5 cm³/mol. The molecular weight excluding hydrogens is 328 g/mol. The molecule has 0 radical (unpaired) electrons. The second-order valence-electron chi connectivity index (χ2n) is 5.86. The van der Waals surface area contributed by atoms with Crippen LogP contribution in [0.4, 0.5) is 0 Å². The highest BCUT2D eigenvalue weighted by molar-refractivity contribution is 5.99. The van der Waals surface area contributed by atoms with Crippen LogP contribution in [0, 0.1) is 13.8 Å². The molecule has 2 N–H and O–H groups in total. The molecule has 1 aromatic heterocycles. The van der Waals surface area contributed by atoms with Gasteiger partial charge in [0, 0.05) is 18.8 Å². The van der Waals surface area contributed by atoms with E-state index in [1.807, 2.05) is 0 Å². The number of carbonyl (C=O) groups excluding carboxylic acids is 3. The topological polar surface area (TPSA) is 107 Å². The Morgan fingerprint density at radius 2 is 2.00 bits per heavy atom. The van der Waals surface area contributed by atoms with Gasteiger partial charge in [0.2, 0.25) is 0 Å². The summed E-state index contributed by atoms with van der Waals surface area (Å²) in [6.07, 6.45) is 1.93. The van der Waals surface area contributed by atoms with Crippen LogP contribution in [0.25, 0.3) is 0 Å². The van der Waals surface area contributed by atoms with Gasteiger partial charge in [-0.2, -0.15) is 0 Å². The van der Waals surface area contributed by atoms with Crippen LogP contribution in [0.2, 0.25) is 0 Å². The van der Waals surface area contributed by atoms with Gasteiger partial charge in [0.15, 0.2) is 6.61 Å². The van der Waals surface area contributed by atoms with E-state index in [1.165, 1.54) is 0 Å². The summed E-state index contributed by atoms with van der Waals surface area (Å²) in [4.78, 5) is 38.7. The molecule has 0 aliphatic carbocycles. The first kappa shape index (κ1) is 19.0. The number of hydrogen-bond donors (Lipinski definition) is 2. The number of esters is 2. The zero-order valence-corrected chi connectivity index (χ0v) is 14.8. The number of nitrogens with one attached hydrogen (secondary N) is 2. The van der Waals surface area contributed by atoms with Gasteiger partial charge >= 0.3 is 11.9 Å². The minimum absolute atomic E-state index is 0.0287. The Morgan fingerprint density at radius 1 is 1.24 bits per heavy atom. The molecule has 0 saturated carbocycles. The average molecular weight is 352 g/mol. The predicted octanol–water partition coefficient (Wildman–Crippen LogP) is 1.26. The summed E-state index contributed by atoms with van der Waals surface area (Å²) < 4.78 is 15.4. The average Bonchev–Trinajstić information content (AvgIpc) is 3.19. The molecule has 1 atom stereocenters. The highest BCUT2D eigenvalue weighted by Gasteiger charge is 2.24. The molecule has 1 amide bonds. The summed E-state index contributed by atoms with van der Waals surface area (Å²) in [6, 6.07) is 0. The van der Waals surface area contributed by atoms with Crippen molar-refractivity contribution in [3.05, 3.63) is 22.5 Å². The molecule has 1 aliphatic heterocycles. The van der Waals surface area contributed by atoms with Crippen molar-refractivity contribution in [2.45, 2.75) is 39.7 Å². The zero-order chi connectivity index (χ0) is 18.4. The highest BCUT2D eigenvalue weighted by atomic mass is 16.5. The zero-order valence-electron chi connectivity index (χ0n) is 14.8. The van der Waals surface area contributed by atoms with Gasteiger partial charge in [0.05, 0.1) is 18.3 Å². The Morgan fingerprint density at radius 3 is 2.64 bits per heavy atom. The molecule has 25 heavy (non-hydrogen) atoms. The molecule has 0 aromatic carbocycles. The van der Waals surface area contributed by atoms with Gasteiger partial charge in [-0.1, -0.05) is 0 Å². The lowest BCUT2D eigenvalue weighted by molar-refractivity contribution is -0.124.